The lowest BCUT2D eigenvalue weighted by Crippen LogP contribution is -2.45. The molecule has 0 spiro atoms. The first-order chi connectivity index (χ1) is 7.58. The van der Waals surface area contributed by atoms with E-state index in [9.17, 15) is 4.79 Å². The highest BCUT2D eigenvalue weighted by Crippen LogP contribution is 2.28. The van der Waals surface area contributed by atoms with Crippen molar-refractivity contribution in [2.45, 2.75) is 38.3 Å². The summed E-state index contributed by atoms with van der Waals surface area (Å²) in [7, 11) is 1.90. The Morgan fingerprint density at radius 1 is 1.50 bits per heavy atom. The highest BCUT2D eigenvalue weighted by molar-refractivity contribution is 5.79. The maximum absolute atomic E-state index is 12.1. The first-order valence-corrected chi connectivity index (χ1v) is 6.20. The number of carbonyl (C=O) groups excluding carboxylic acids is 1. The van der Waals surface area contributed by atoms with Gasteiger partial charge in [0.05, 0.1) is 12.0 Å². The van der Waals surface area contributed by atoms with Gasteiger partial charge in [-0.25, -0.2) is 0 Å². The van der Waals surface area contributed by atoms with Gasteiger partial charge in [0.1, 0.15) is 0 Å². The predicted octanol–water partition coefficient (Wildman–Crippen LogP) is 0.607. The molecule has 1 amide bonds. The third-order valence-electron chi connectivity index (χ3n) is 3.87. The Morgan fingerprint density at radius 2 is 2.19 bits per heavy atom. The van der Waals surface area contributed by atoms with E-state index in [-0.39, 0.29) is 17.9 Å². The summed E-state index contributed by atoms with van der Waals surface area (Å²) in [6.07, 6.45) is 3.08. The maximum Gasteiger partial charge on any atom is 0.228 e. The lowest BCUT2D eigenvalue weighted by atomic mass is 9.80. The summed E-state index contributed by atoms with van der Waals surface area (Å²) in [6, 6.07) is 0.363. The molecule has 16 heavy (non-hydrogen) atoms. The number of hydrogen-bond acceptors (Lipinski definition) is 3. The predicted molar refractivity (Wildman–Crippen MR) is 61.9 cm³/mol. The van der Waals surface area contributed by atoms with E-state index in [0.29, 0.717) is 12.0 Å². The van der Waals surface area contributed by atoms with E-state index in [1.165, 1.54) is 0 Å². The van der Waals surface area contributed by atoms with E-state index < -0.39 is 0 Å². The van der Waals surface area contributed by atoms with Crippen LogP contribution < -0.4 is 5.73 Å². The van der Waals surface area contributed by atoms with Crippen molar-refractivity contribution in [3.63, 3.8) is 0 Å². The third-order valence-corrected chi connectivity index (χ3v) is 3.87. The molecule has 2 rings (SSSR count). The molecule has 4 heteroatoms. The monoisotopic (exact) mass is 226 g/mol. The van der Waals surface area contributed by atoms with Crippen LogP contribution in [-0.2, 0) is 9.53 Å². The summed E-state index contributed by atoms with van der Waals surface area (Å²) >= 11 is 0. The Balaban J connectivity index is 1.80. The molecule has 0 aromatic rings. The van der Waals surface area contributed by atoms with Crippen LogP contribution in [0.4, 0.5) is 0 Å². The number of rotatable bonds is 3. The molecule has 2 aliphatic rings. The Kier molecular flexibility index (Phi) is 3.50. The normalized spacial score (nSPS) is 38.2. The van der Waals surface area contributed by atoms with E-state index in [4.69, 9.17) is 10.5 Å². The average molecular weight is 226 g/mol. The van der Waals surface area contributed by atoms with Crippen LogP contribution in [0.5, 0.6) is 0 Å². The van der Waals surface area contributed by atoms with Gasteiger partial charge in [-0.2, -0.15) is 0 Å². The summed E-state index contributed by atoms with van der Waals surface area (Å²) in [4.78, 5) is 14.0. The van der Waals surface area contributed by atoms with Gasteiger partial charge in [-0.1, -0.05) is 0 Å². The summed E-state index contributed by atoms with van der Waals surface area (Å²) < 4.78 is 5.43. The Labute approximate surface area is 97.1 Å². The van der Waals surface area contributed by atoms with Crippen LogP contribution in [0, 0.1) is 11.8 Å². The number of ether oxygens (including phenoxy) is 1. The number of hydrogen-bond donors (Lipinski definition) is 1. The Bertz CT molecular complexity index is 264. The zero-order valence-corrected chi connectivity index (χ0v) is 10.2. The molecule has 0 radical (unpaired) electrons. The Morgan fingerprint density at radius 3 is 2.69 bits per heavy atom. The largest absolute Gasteiger partial charge is 0.378 e. The minimum atomic E-state index is 0.0683. The van der Waals surface area contributed by atoms with Gasteiger partial charge >= 0.3 is 0 Å². The van der Waals surface area contributed by atoms with Crippen molar-refractivity contribution < 1.29 is 9.53 Å². The van der Waals surface area contributed by atoms with Crippen molar-refractivity contribution in [2.75, 3.05) is 20.2 Å². The maximum atomic E-state index is 12.1. The molecule has 92 valence electrons. The molecule has 0 bridgehead atoms. The zero-order valence-electron chi connectivity index (χ0n) is 10.2. The third kappa shape index (κ3) is 2.38. The van der Waals surface area contributed by atoms with Crippen LogP contribution in [0.25, 0.3) is 0 Å². The second kappa shape index (κ2) is 4.72. The Hall–Kier alpha value is -0.610. The van der Waals surface area contributed by atoms with Crippen LogP contribution in [0.15, 0.2) is 0 Å². The molecule has 2 atom stereocenters. The highest BCUT2D eigenvalue weighted by Gasteiger charge is 2.34. The minimum absolute atomic E-state index is 0.0683. The van der Waals surface area contributed by atoms with Gasteiger partial charge in [0.25, 0.3) is 0 Å². The fraction of sp³-hybridized carbons (Fsp3) is 0.917. The lowest BCUT2D eigenvalue weighted by molar-refractivity contribution is -0.136. The second-order valence-corrected chi connectivity index (χ2v) is 5.29. The van der Waals surface area contributed by atoms with Gasteiger partial charge < -0.3 is 15.4 Å². The van der Waals surface area contributed by atoms with Gasteiger partial charge in [-0.15, -0.1) is 0 Å². The second-order valence-electron chi connectivity index (χ2n) is 5.29. The molecular weight excluding hydrogens is 204 g/mol. The minimum Gasteiger partial charge on any atom is -0.378 e. The van der Waals surface area contributed by atoms with Crippen molar-refractivity contribution in [1.82, 2.24) is 4.90 Å². The SMILES string of the molecule is CC1OCCC1C(=O)N(C)CC1CC(N)C1. The molecule has 0 aromatic heterocycles. The van der Waals surface area contributed by atoms with Crippen LogP contribution in [0.2, 0.25) is 0 Å². The molecule has 2 fully saturated rings. The quantitative estimate of drug-likeness (QED) is 0.767. The molecule has 1 saturated carbocycles. The van der Waals surface area contributed by atoms with E-state index in [1.807, 2.05) is 18.9 Å². The molecular formula is C12H22N2O2. The van der Waals surface area contributed by atoms with Crippen LogP contribution in [0.1, 0.15) is 26.2 Å². The van der Waals surface area contributed by atoms with Crippen molar-refractivity contribution >= 4 is 5.91 Å². The van der Waals surface area contributed by atoms with E-state index in [1.54, 1.807) is 0 Å². The number of carbonyl (C=O) groups is 1. The molecule has 2 N–H and O–H groups in total. The van der Waals surface area contributed by atoms with Crippen molar-refractivity contribution in [3.05, 3.63) is 0 Å². The molecule has 1 aliphatic heterocycles. The standard InChI is InChI=1S/C12H22N2O2/c1-8-11(3-4-16-8)12(15)14(2)7-9-5-10(13)6-9/h8-11H,3-7,13H2,1-2H3. The van der Waals surface area contributed by atoms with Gasteiger partial charge in [0.15, 0.2) is 0 Å². The van der Waals surface area contributed by atoms with Crippen molar-refractivity contribution in [3.8, 4) is 0 Å². The number of nitrogens with zero attached hydrogens (tertiary/aromatic N) is 1. The van der Waals surface area contributed by atoms with E-state index in [2.05, 4.69) is 0 Å². The van der Waals surface area contributed by atoms with Gasteiger partial charge in [-0.05, 0) is 32.1 Å². The summed E-state index contributed by atoms with van der Waals surface area (Å²) in [5, 5.41) is 0. The van der Waals surface area contributed by atoms with Gasteiger partial charge in [0.2, 0.25) is 5.91 Å². The van der Waals surface area contributed by atoms with Crippen LogP contribution in [-0.4, -0.2) is 43.2 Å². The molecule has 2 unspecified atom stereocenters. The molecule has 0 aromatic carbocycles. The first-order valence-electron chi connectivity index (χ1n) is 6.20. The number of nitrogens with two attached hydrogens (primary N) is 1. The molecule has 1 heterocycles. The van der Waals surface area contributed by atoms with E-state index in [0.717, 1.165) is 32.4 Å². The lowest BCUT2D eigenvalue weighted by Gasteiger charge is -2.36. The van der Waals surface area contributed by atoms with Gasteiger partial charge in [-0.3, -0.25) is 4.79 Å². The molecule has 1 saturated heterocycles. The average Bonchev–Trinajstić information content (AvgIpc) is 2.61. The molecule has 1 aliphatic carbocycles. The fourth-order valence-electron chi connectivity index (χ4n) is 2.75. The van der Waals surface area contributed by atoms with Crippen LogP contribution in [0.3, 0.4) is 0 Å². The zero-order chi connectivity index (χ0) is 11.7. The van der Waals surface area contributed by atoms with Gasteiger partial charge in [0, 0.05) is 26.2 Å². The summed E-state index contributed by atoms with van der Waals surface area (Å²) in [5.41, 5.74) is 5.74. The van der Waals surface area contributed by atoms with Crippen molar-refractivity contribution in [2.24, 2.45) is 17.6 Å². The fourth-order valence-corrected chi connectivity index (χ4v) is 2.75. The van der Waals surface area contributed by atoms with E-state index >= 15 is 0 Å². The summed E-state index contributed by atoms with van der Waals surface area (Å²) in [6.45, 7) is 3.57. The highest BCUT2D eigenvalue weighted by atomic mass is 16.5. The number of amides is 1. The smallest absolute Gasteiger partial charge is 0.228 e. The van der Waals surface area contributed by atoms with Crippen molar-refractivity contribution in [1.29, 1.82) is 0 Å². The topological polar surface area (TPSA) is 55.6 Å². The summed E-state index contributed by atoms with van der Waals surface area (Å²) in [5.74, 6) is 0.922. The van der Waals surface area contributed by atoms with Crippen LogP contribution >= 0.6 is 0 Å². The molecule has 4 nitrogen and oxygen atoms in total. The first kappa shape index (κ1) is 11.9.